The van der Waals surface area contributed by atoms with E-state index in [1.807, 2.05) is 6.92 Å². The van der Waals surface area contributed by atoms with Gasteiger partial charge in [0.25, 0.3) is 0 Å². The van der Waals surface area contributed by atoms with Crippen LogP contribution in [0, 0.1) is 0 Å². The molecule has 0 amide bonds. The van der Waals surface area contributed by atoms with E-state index in [-0.39, 0.29) is 11.1 Å². The van der Waals surface area contributed by atoms with E-state index in [0.717, 1.165) is 25.2 Å². The highest BCUT2D eigenvalue weighted by molar-refractivity contribution is 8.00. The second kappa shape index (κ2) is 5.34. The normalized spacial score (nSPS) is 26.2. The Bertz CT molecular complexity index is 181. The van der Waals surface area contributed by atoms with Crippen LogP contribution in [0.3, 0.4) is 0 Å². The minimum absolute atomic E-state index is 0.0641. The van der Waals surface area contributed by atoms with E-state index in [1.54, 1.807) is 11.8 Å². The van der Waals surface area contributed by atoms with Crippen LogP contribution in [-0.4, -0.2) is 34.8 Å². The largest absolute Gasteiger partial charge is 0.409 e. The first kappa shape index (κ1) is 10.7. The molecule has 0 spiro atoms. The van der Waals surface area contributed by atoms with Gasteiger partial charge in [-0.2, -0.15) is 0 Å². The van der Waals surface area contributed by atoms with Crippen LogP contribution in [0.2, 0.25) is 0 Å². The van der Waals surface area contributed by atoms with Gasteiger partial charge >= 0.3 is 0 Å². The average Bonchev–Trinajstić information content (AvgIpc) is 2.65. The molecule has 0 aromatic carbocycles. The summed E-state index contributed by atoms with van der Waals surface area (Å²) in [6, 6.07) is 0. The molecule has 1 aliphatic rings. The number of hydrogen-bond acceptors (Lipinski definition) is 4. The number of amidine groups is 1. The predicted octanol–water partition coefficient (Wildman–Crippen LogP) is 1.03. The molecule has 1 heterocycles. The van der Waals surface area contributed by atoms with Crippen LogP contribution in [0.25, 0.3) is 0 Å². The summed E-state index contributed by atoms with van der Waals surface area (Å²) in [6.45, 7) is 2.80. The van der Waals surface area contributed by atoms with Gasteiger partial charge in [0.05, 0.1) is 11.4 Å². The quantitative estimate of drug-likeness (QED) is 0.311. The molecule has 13 heavy (non-hydrogen) atoms. The van der Waals surface area contributed by atoms with Crippen LogP contribution in [0.1, 0.15) is 19.8 Å². The molecule has 0 aromatic rings. The van der Waals surface area contributed by atoms with Crippen LogP contribution in [0.15, 0.2) is 5.16 Å². The summed E-state index contributed by atoms with van der Waals surface area (Å²) in [6.07, 6.45) is 2.65. The lowest BCUT2D eigenvalue weighted by Gasteiger charge is -2.12. The van der Waals surface area contributed by atoms with Crippen LogP contribution < -0.4 is 5.73 Å². The maximum Gasteiger partial charge on any atom is 0.151 e. The molecule has 0 aromatic heterocycles. The highest BCUT2D eigenvalue weighted by Gasteiger charge is 2.17. The molecule has 1 fully saturated rings. The standard InChI is InChI=1S/C8H16N2O2S/c1-6(8(9)10-11)13-5-7-3-2-4-12-7/h6-7,11H,2-5H2,1H3,(H2,9,10). The minimum Gasteiger partial charge on any atom is -0.409 e. The van der Waals surface area contributed by atoms with Gasteiger partial charge in [0.1, 0.15) is 0 Å². The van der Waals surface area contributed by atoms with E-state index in [4.69, 9.17) is 15.7 Å². The van der Waals surface area contributed by atoms with Crippen molar-refractivity contribution in [1.82, 2.24) is 0 Å². The smallest absolute Gasteiger partial charge is 0.151 e. The first-order valence-corrected chi connectivity index (χ1v) is 5.49. The first-order chi connectivity index (χ1) is 6.24. The van der Waals surface area contributed by atoms with Gasteiger partial charge in [-0.05, 0) is 19.8 Å². The number of thioether (sulfide) groups is 1. The van der Waals surface area contributed by atoms with Crippen LogP contribution in [0.4, 0.5) is 0 Å². The summed E-state index contributed by atoms with van der Waals surface area (Å²) in [5.74, 6) is 1.21. The third kappa shape index (κ3) is 3.44. The lowest BCUT2D eigenvalue weighted by atomic mass is 10.3. The van der Waals surface area contributed by atoms with E-state index in [0.29, 0.717) is 6.10 Å². The van der Waals surface area contributed by atoms with Crippen molar-refractivity contribution < 1.29 is 9.94 Å². The highest BCUT2D eigenvalue weighted by Crippen LogP contribution is 2.20. The number of ether oxygens (including phenoxy) is 1. The number of nitrogens with zero attached hydrogens (tertiary/aromatic N) is 1. The van der Waals surface area contributed by atoms with Crippen molar-refractivity contribution in [2.24, 2.45) is 10.9 Å². The zero-order valence-corrected chi connectivity index (χ0v) is 8.59. The number of hydrogen-bond donors (Lipinski definition) is 2. The summed E-state index contributed by atoms with van der Waals surface area (Å²) in [5, 5.41) is 11.4. The Kier molecular flexibility index (Phi) is 4.38. The topological polar surface area (TPSA) is 67.8 Å². The Hall–Kier alpha value is -0.420. The van der Waals surface area contributed by atoms with Gasteiger partial charge in [-0.1, -0.05) is 5.16 Å². The maximum atomic E-state index is 8.42. The average molecular weight is 204 g/mol. The molecule has 2 unspecified atom stereocenters. The Balaban J connectivity index is 2.17. The van der Waals surface area contributed by atoms with E-state index in [2.05, 4.69) is 5.16 Å². The fraction of sp³-hybridized carbons (Fsp3) is 0.875. The third-order valence-electron chi connectivity index (χ3n) is 2.09. The molecule has 76 valence electrons. The lowest BCUT2D eigenvalue weighted by molar-refractivity contribution is 0.129. The lowest BCUT2D eigenvalue weighted by Crippen LogP contribution is -2.25. The summed E-state index contributed by atoms with van der Waals surface area (Å²) in [5.41, 5.74) is 5.44. The number of oxime groups is 1. The molecule has 4 nitrogen and oxygen atoms in total. The minimum atomic E-state index is 0.0641. The summed E-state index contributed by atoms with van der Waals surface area (Å²) in [4.78, 5) is 0. The van der Waals surface area contributed by atoms with Gasteiger partial charge in [-0.15, -0.1) is 11.8 Å². The van der Waals surface area contributed by atoms with Gasteiger partial charge in [-0.3, -0.25) is 0 Å². The zero-order chi connectivity index (χ0) is 9.68. The monoisotopic (exact) mass is 204 g/mol. The van der Waals surface area contributed by atoms with Crippen molar-refractivity contribution >= 4 is 17.6 Å². The Morgan fingerprint density at radius 2 is 2.62 bits per heavy atom. The second-order valence-corrected chi connectivity index (χ2v) is 4.51. The number of nitrogens with two attached hydrogens (primary N) is 1. The van der Waals surface area contributed by atoms with Crippen molar-refractivity contribution in [3.05, 3.63) is 0 Å². The Labute approximate surface area is 82.5 Å². The molecule has 1 saturated heterocycles. The molecule has 3 N–H and O–H groups in total. The zero-order valence-electron chi connectivity index (χ0n) is 7.77. The number of rotatable bonds is 4. The highest BCUT2D eigenvalue weighted by atomic mass is 32.2. The van der Waals surface area contributed by atoms with Gasteiger partial charge in [0.15, 0.2) is 5.84 Å². The molecule has 1 aliphatic heterocycles. The van der Waals surface area contributed by atoms with E-state index in [1.165, 1.54) is 0 Å². The summed E-state index contributed by atoms with van der Waals surface area (Å²) >= 11 is 1.67. The molecule has 1 rings (SSSR count). The van der Waals surface area contributed by atoms with Gasteiger partial charge in [0.2, 0.25) is 0 Å². The van der Waals surface area contributed by atoms with Crippen LogP contribution in [-0.2, 0) is 4.74 Å². The van der Waals surface area contributed by atoms with Crippen molar-refractivity contribution in [1.29, 1.82) is 0 Å². The molecular weight excluding hydrogens is 188 g/mol. The maximum absolute atomic E-state index is 8.42. The third-order valence-corrected chi connectivity index (χ3v) is 3.39. The van der Waals surface area contributed by atoms with Crippen molar-refractivity contribution in [2.45, 2.75) is 31.1 Å². The predicted molar refractivity (Wildman–Crippen MR) is 54.3 cm³/mol. The molecule has 2 atom stereocenters. The molecule has 0 saturated carbocycles. The fourth-order valence-electron chi connectivity index (χ4n) is 1.19. The SMILES string of the molecule is CC(SCC1CCCO1)C(N)=NO. The Morgan fingerprint density at radius 3 is 3.15 bits per heavy atom. The first-order valence-electron chi connectivity index (χ1n) is 4.44. The van der Waals surface area contributed by atoms with Gasteiger partial charge < -0.3 is 15.7 Å². The van der Waals surface area contributed by atoms with Crippen LogP contribution in [0.5, 0.6) is 0 Å². The summed E-state index contributed by atoms with van der Waals surface area (Å²) in [7, 11) is 0. The molecular formula is C8H16N2O2S. The van der Waals surface area contributed by atoms with E-state index < -0.39 is 0 Å². The van der Waals surface area contributed by atoms with Crippen LogP contribution >= 0.6 is 11.8 Å². The molecule has 5 heteroatoms. The second-order valence-electron chi connectivity index (χ2n) is 3.14. The fourth-order valence-corrected chi connectivity index (χ4v) is 2.18. The van der Waals surface area contributed by atoms with Gasteiger partial charge in [0, 0.05) is 12.4 Å². The van der Waals surface area contributed by atoms with Gasteiger partial charge in [-0.25, -0.2) is 0 Å². The van der Waals surface area contributed by atoms with E-state index >= 15 is 0 Å². The van der Waals surface area contributed by atoms with Crippen molar-refractivity contribution in [3.8, 4) is 0 Å². The van der Waals surface area contributed by atoms with E-state index in [9.17, 15) is 0 Å². The molecule has 0 radical (unpaired) electrons. The Morgan fingerprint density at radius 1 is 1.85 bits per heavy atom. The summed E-state index contributed by atoms with van der Waals surface area (Å²) < 4.78 is 5.45. The van der Waals surface area contributed by atoms with Crippen molar-refractivity contribution in [2.75, 3.05) is 12.4 Å². The molecule has 0 bridgehead atoms. The van der Waals surface area contributed by atoms with Crippen molar-refractivity contribution in [3.63, 3.8) is 0 Å². The molecule has 0 aliphatic carbocycles.